The molecule has 2 heterocycles. The van der Waals surface area contributed by atoms with E-state index in [2.05, 4.69) is 12.2 Å². The Morgan fingerprint density at radius 3 is 2.75 bits per heavy atom. The summed E-state index contributed by atoms with van der Waals surface area (Å²) < 4.78 is 16.7. The third-order valence-electron chi connectivity index (χ3n) is 4.55. The summed E-state index contributed by atoms with van der Waals surface area (Å²) in [5.74, 6) is 1.77. The molecule has 0 aliphatic carbocycles. The second-order valence-corrected chi connectivity index (χ2v) is 6.18. The van der Waals surface area contributed by atoms with Gasteiger partial charge < -0.3 is 24.4 Å². The lowest BCUT2D eigenvalue weighted by molar-refractivity contribution is 0.0641. The summed E-state index contributed by atoms with van der Waals surface area (Å²) in [5.41, 5.74) is 0.600. The Labute approximate surface area is 143 Å². The number of carbonyl (C=O) groups is 1. The standard InChI is InChI=1S/C18H26N2O4/c1-3-8-20(14-4-6-19-7-5-14)18(21)13-11-15(22-2)17-16(12-13)23-9-10-24-17/h11-12,14,19H,3-10H2,1-2H3. The van der Waals surface area contributed by atoms with Gasteiger partial charge in [0.05, 0.1) is 7.11 Å². The van der Waals surface area contributed by atoms with Gasteiger partial charge in [0, 0.05) is 18.2 Å². The molecule has 2 aliphatic heterocycles. The van der Waals surface area contributed by atoms with Crippen molar-refractivity contribution in [3.05, 3.63) is 17.7 Å². The molecule has 1 saturated heterocycles. The molecule has 6 nitrogen and oxygen atoms in total. The molecule has 0 aromatic heterocycles. The van der Waals surface area contributed by atoms with Gasteiger partial charge in [0.15, 0.2) is 11.5 Å². The molecular weight excluding hydrogens is 308 g/mol. The van der Waals surface area contributed by atoms with Gasteiger partial charge in [-0.2, -0.15) is 0 Å². The minimum atomic E-state index is 0.0408. The third kappa shape index (κ3) is 3.43. The average Bonchev–Trinajstić information content (AvgIpc) is 2.65. The summed E-state index contributed by atoms with van der Waals surface area (Å²) >= 11 is 0. The number of hydrogen-bond donors (Lipinski definition) is 1. The summed E-state index contributed by atoms with van der Waals surface area (Å²) in [4.78, 5) is 15.1. The average molecular weight is 334 g/mol. The van der Waals surface area contributed by atoms with Crippen LogP contribution in [0.2, 0.25) is 0 Å². The van der Waals surface area contributed by atoms with Crippen LogP contribution in [0.5, 0.6) is 17.2 Å². The second-order valence-electron chi connectivity index (χ2n) is 6.18. The van der Waals surface area contributed by atoms with Crippen LogP contribution >= 0.6 is 0 Å². The van der Waals surface area contributed by atoms with Crippen molar-refractivity contribution >= 4 is 5.91 Å². The highest BCUT2D eigenvalue weighted by atomic mass is 16.6. The Morgan fingerprint density at radius 2 is 2.04 bits per heavy atom. The summed E-state index contributed by atoms with van der Waals surface area (Å²) in [6.07, 6.45) is 2.93. The molecule has 1 fully saturated rings. The first-order valence-corrected chi connectivity index (χ1v) is 8.74. The van der Waals surface area contributed by atoms with E-state index in [1.807, 2.05) is 4.90 Å². The zero-order valence-electron chi connectivity index (χ0n) is 14.5. The fraction of sp³-hybridized carbons (Fsp3) is 0.611. The monoisotopic (exact) mass is 334 g/mol. The van der Waals surface area contributed by atoms with E-state index in [0.29, 0.717) is 36.0 Å². The molecule has 1 aromatic carbocycles. The highest BCUT2D eigenvalue weighted by Crippen LogP contribution is 2.40. The molecular formula is C18H26N2O4. The molecule has 0 atom stereocenters. The minimum absolute atomic E-state index is 0.0408. The van der Waals surface area contributed by atoms with E-state index >= 15 is 0 Å². The first kappa shape index (κ1) is 16.9. The van der Waals surface area contributed by atoms with Crippen molar-refractivity contribution in [2.75, 3.05) is 40.0 Å². The van der Waals surface area contributed by atoms with Gasteiger partial charge in [-0.25, -0.2) is 0 Å². The van der Waals surface area contributed by atoms with E-state index in [-0.39, 0.29) is 11.9 Å². The van der Waals surface area contributed by atoms with Crippen LogP contribution in [0, 0.1) is 0 Å². The van der Waals surface area contributed by atoms with Crippen molar-refractivity contribution in [2.45, 2.75) is 32.2 Å². The number of ether oxygens (including phenoxy) is 3. The van der Waals surface area contributed by atoms with Gasteiger partial charge in [-0.3, -0.25) is 4.79 Å². The van der Waals surface area contributed by atoms with Crippen molar-refractivity contribution in [1.29, 1.82) is 0 Å². The van der Waals surface area contributed by atoms with Crippen LogP contribution in [0.4, 0.5) is 0 Å². The van der Waals surface area contributed by atoms with Crippen LogP contribution in [0.3, 0.4) is 0 Å². The third-order valence-corrected chi connectivity index (χ3v) is 4.55. The van der Waals surface area contributed by atoms with Crippen molar-refractivity contribution in [1.82, 2.24) is 10.2 Å². The topological polar surface area (TPSA) is 60.0 Å². The van der Waals surface area contributed by atoms with Crippen molar-refractivity contribution in [2.24, 2.45) is 0 Å². The molecule has 0 unspecified atom stereocenters. The van der Waals surface area contributed by atoms with Crippen molar-refractivity contribution < 1.29 is 19.0 Å². The molecule has 24 heavy (non-hydrogen) atoms. The number of carbonyl (C=O) groups excluding carboxylic acids is 1. The molecule has 0 bridgehead atoms. The van der Waals surface area contributed by atoms with E-state index in [4.69, 9.17) is 14.2 Å². The van der Waals surface area contributed by atoms with E-state index < -0.39 is 0 Å². The summed E-state index contributed by atoms with van der Waals surface area (Å²) in [5, 5.41) is 3.36. The predicted molar refractivity (Wildman–Crippen MR) is 91.2 cm³/mol. The number of piperidine rings is 1. The Morgan fingerprint density at radius 1 is 1.29 bits per heavy atom. The summed E-state index contributed by atoms with van der Waals surface area (Å²) in [6, 6.07) is 3.83. The molecule has 0 radical (unpaired) electrons. The zero-order valence-corrected chi connectivity index (χ0v) is 14.5. The number of methoxy groups -OCH3 is 1. The Bertz CT molecular complexity index is 567. The number of hydrogen-bond acceptors (Lipinski definition) is 5. The normalized spacial score (nSPS) is 17.4. The maximum absolute atomic E-state index is 13.1. The molecule has 132 valence electrons. The first-order chi connectivity index (χ1) is 11.7. The van der Waals surface area contributed by atoms with Gasteiger partial charge in [-0.1, -0.05) is 6.92 Å². The molecule has 0 saturated carbocycles. The van der Waals surface area contributed by atoms with Crippen LogP contribution in [-0.2, 0) is 0 Å². The van der Waals surface area contributed by atoms with Crippen molar-refractivity contribution in [3.63, 3.8) is 0 Å². The summed E-state index contributed by atoms with van der Waals surface area (Å²) in [6.45, 7) is 5.77. The number of nitrogens with zero attached hydrogens (tertiary/aromatic N) is 1. The van der Waals surface area contributed by atoms with E-state index in [1.165, 1.54) is 0 Å². The number of fused-ring (bicyclic) bond motifs is 1. The molecule has 2 aliphatic rings. The van der Waals surface area contributed by atoms with Crippen LogP contribution in [-0.4, -0.2) is 56.8 Å². The Kier molecular flexibility index (Phi) is 5.45. The summed E-state index contributed by atoms with van der Waals surface area (Å²) in [7, 11) is 1.58. The largest absolute Gasteiger partial charge is 0.493 e. The van der Waals surface area contributed by atoms with Crippen LogP contribution in [0.25, 0.3) is 0 Å². The fourth-order valence-electron chi connectivity index (χ4n) is 3.37. The lowest BCUT2D eigenvalue weighted by Gasteiger charge is -2.35. The smallest absolute Gasteiger partial charge is 0.254 e. The van der Waals surface area contributed by atoms with Crippen LogP contribution < -0.4 is 19.5 Å². The lowest BCUT2D eigenvalue weighted by atomic mass is 10.0. The van der Waals surface area contributed by atoms with Crippen LogP contribution in [0.15, 0.2) is 12.1 Å². The quantitative estimate of drug-likeness (QED) is 0.893. The van der Waals surface area contributed by atoms with Crippen LogP contribution in [0.1, 0.15) is 36.5 Å². The number of rotatable bonds is 5. The number of amides is 1. The molecule has 3 rings (SSSR count). The van der Waals surface area contributed by atoms with Gasteiger partial charge in [0.25, 0.3) is 5.91 Å². The SMILES string of the molecule is CCCN(C(=O)c1cc(OC)c2c(c1)OCCO2)C1CCNCC1. The van der Waals surface area contributed by atoms with Gasteiger partial charge in [-0.15, -0.1) is 0 Å². The maximum atomic E-state index is 13.1. The van der Waals surface area contributed by atoms with Gasteiger partial charge in [0.2, 0.25) is 5.75 Å². The number of benzene rings is 1. The maximum Gasteiger partial charge on any atom is 0.254 e. The number of nitrogens with one attached hydrogen (secondary N) is 1. The van der Waals surface area contributed by atoms with Gasteiger partial charge in [-0.05, 0) is 44.5 Å². The van der Waals surface area contributed by atoms with E-state index in [9.17, 15) is 4.79 Å². The zero-order chi connectivity index (χ0) is 16.9. The van der Waals surface area contributed by atoms with Crippen molar-refractivity contribution in [3.8, 4) is 17.2 Å². The van der Waals surface area contributed by atoms with Gasteiger partial charge in [0.1, 0.15) is 13.2 Å². The van der Waals surface area contributed by atoms with Gasteiger partial charge >= 0.3 is 0 Å². The lowest BCUT2D eigenvalue weighted by Crippen LogP contribution is -2.46. The molecule has 1 N–H and O–H groups in total. The van der Waals surface area contributed by atoms with E-state index in [1.54, 1.807) is 19.2 Å². The second kappa shape index (κ2) is 7.75. The highest BCUT2D eigenvalue weighted by molar-refractivity contribution is 5.96. The molecule has 1 amide bonds. The molecule has 0 spiro atoms. The highest BCUT2D eigenvalue weighted by Gasteiger charge is 2.28. The Balaban J connectivity index is 1.89. The Hall–Kier alpha value is -1.95. The fourth-order valence-corrected chi connectivity index (χ4v) is 3.37. The predicted octanol–water partition coefficient (Wildman–Crippen LogP) is 2.07. The van der Waals surface area contributed by atoms with E-state index in [0.717, 1.165) is 38.9 Å². The first-order valence-electron chi connectivity index (χ1n) is 8.74. The molecule has 1 aromatic rings. The molecule has 6 heteroatoms. The minimum Gasteiger partial charge on any atom is -0.493 e.